The maximum atomic E-state index is 16.4. The monoisotopic (exact) mass is 839 g/mol. The summed E-state index contributed by atoms with van der Waals surface area (Å²) in [5, 5.41) is 4.39. The predicted molar refractivity (Wildman–Crippen MR) is 234 cm³/mol. The third kappa shape index (κ3) is 9.22. The normalized spacial score (nSPS) is 15.2. The van der Waals surface area contributed by atoms with Gasteiger partial charge in [-0.25, -0.2) is 19.0 Å². The summed E-state index contributed by atoms with van der Waals surface area (Å²) < 4.78 is 29.3. The van der Waals surface area contributed by atoms with Crippen molar-refractivity contribution in [3.05, 3.63) is 137 Å². The summed E-state index contributed by atoms with van der Waals surface area (Å²) in [6, 6.07) is 34.2. The highest BCUT2D eigenvalue weighted by Crippen LogP contribution is 2.43. The molecule has 1 aromatic heterocycles. The first-order valence-electron chi connectivity index (χ1n) is 19.1. The molecule has 3 amide bonds. The van der Waals surface area contributed by atoms with Gasteiger partial charge < -0.3 is 24.3 Å². The summed E-state index contributed by atoms with van der Waals surface area (Å²) in [5.74, 6) is -0.153. The van der Waals surface area contributed by atoms with Crippen molar-refractivity contribution >= 4 is 65.5 Å². The number of hydrogen-bond donors (Lipinski definition) is 1. The maximum Gasteiger partial charge on any atom is 0.410 e. The molecule has 58 heavy (non-hydrogen) atoms. The Balaban J connectivity index is 1.44. The van der Waals surface area contributed by atoms with Crippen molar-refractivity contribution in [3.63, 3.8) is 0 Å². The van der Waals surface area contributed by atoms with Crippen LogP contribution in [0.3, 0.4) is 0 Å². The molecule has 0 bridgehead atoms. The highest BCUT2D eigenvalue weighted by molar-refractivity contribution is 7.00. The van der Waals surface area contributed by atoms with Gasteiger partial charge in [0.15, 0.2) is 0 Å². The number of ether oxygens (including phenoxy) is 1. The number of urea groups is 1. The van der Waals surface area contributed by atoms with Gasteiger partial charge in [-0.2, -0.15) is 4.99 Å². The molecule has 6 rings (SSSR count). The fourth-order valence-electron chi connectivity index (χ4n) is 7.24. The molecule has 302 valence electrons. The van der Waals surface area contributed by atoms with Crippen molar-refractivity contribution in [3.8, 4) is 17.0 Å². The van der Waals surface area contributed by atoms with Crippen molar-refractivity contribution in [1.29, 1.82) is 0 Å². The van der Waals surface area contributed by atoms with Crippen molar-refractivity contribution < 1.29 is 23.1 Å². The van der Waals surface area contributed by atoms with E-state index in [2.05, 4.69) is 55.3 Å². The molecule has 0 saturated carbocycles. The van der Waals surface area contributed by atoms with Crippen LogP contribution >= 0.6 is 23.2 Å². The van der Waals surface area contributed by atoms with Gasteiger partial charge in [-0.05, 0) is 73.4 Å². The lowest BCUT2D eigenvalue weighted by Gasteiger charge is -2.43. The smallest absolute Gasteiger partial charge is 0.410 e. The van der Waals surface area contributed by atoms with Gasteiger partial charge >= 0.3 is 20.4 Å². The first-order valence-corrected chi connectivity index (χ1v) is 21.8. The van der Waals surface area contributed by atoms with Gasteiger partial charge in [0.2, 0.25) is 0 Å². The Kier molecular flexibility index (Phi) is 12.7. The molecule has 1 saturated heterocycles. The number of hydrogen-bond acceptors (Lipinski definition) is 5. The van der Waals surface area contributed by atoms with Gasteiger partial charge in [-0.3, -0.25) is 0 Å². The topological polar surface area (TPSA) is 96.4 Å². The Morgan fingerprint density at radius 3 is 1.98 bits per heavy atom. The van der Waals surface area contributed by atoms with Gasteiger partial charge in [0, 0.05) is 31.4 Å². The number of carbonyl (C=O) groups excluding carboxylic acids is 2. The molecule has 5 aromatic rings. The average Bonchev–Trinajstić information content (AvgIpc) is 3.17. The number of nitrogens with zero attached hydrogens (tertiary/aromatic N) is 4. The fourth-order valence-corrected chi connectivity index (χ4v) is 12.1. The van der Waals surface area contributed by atoms with E-state index < -0.39 is 36.9 Å². The Labute approximate surface area is 351 Å². The zero-order valence-electron chi connectivity index (χ0n) is 33.7. The Morgan fingerprint density at radius 2 is 1.43 bits per heavy atom. The van der Waals surface area contributed by atoms with Crippen LogP contribution in [0.2, 0.25) is 15.2 Å². The van der Waals surface area contributed by atoms with Gasteiger partial charge in [0.25, 0.3) is 0 Å². The van der Waals surface area contributed by atoms with E-state index in [0.29, 0.717) is 5.69 Å². The van der Waals surface area contributed by atoms with Crippen LogP contribution in [0.15, 0.2) is 120 Å². The summed E-state index contributed by atoms with van der Waals surface area (Å²) in [6.07, 6.45) is -0.438. The lowest BCUT2D eigenvalue weighted by Crippen LogP contribution is -2.68. The van der Waals surface area contributed by atoms with E-state index in [9.17, 15) is 9.59 Å². The molecule has 13 heteroatoms. The van der Waals surface area contributed by atoms with Crippen molar-refractivity contribution in [2.75, 3.05) is 25.0 Å². The first kappa shape index (κ1) is 42.4. The predicted octanol–water partition coefficient (Wildman–Crippen LogP) is 10.1. The number of piperazine rings is 1. The molecule has 9 nitrogen and oxygen atoms in total. The highest BCUT2D eigenvalue weighted by Gasteiger charge is 2.52. The molecule has 0 spiro atoms. The highest BCUT2D eigenvalue weighted by atomic mass is 35.5. The molecule has 1 N–H and O–H groups in total. The average molecular weight is 841 g/mol. The van der Waals surface area contributed by atoms with Crippen LogP contribution in [0.5, 0.6) is 5.75 Å². The van der Waals surface area contributed by atoms with Crippen molar-refractivity contribution in [2.24, 2.45) is 4.99 Å². The zero-order chi connectivity index (χ0) is 41.8. The van der Waals surface area contributed by atoms with E-state index in [1.54, 1.807) is 47.4 Å². The lowest BCUT2D eigenvalue weighted by molar-refractivity contribution is 0.0134. The Bertz CT molecular complexity index is 2250. The van der Waals surface area contributed by atoms with E-state index in [-0.39, 0.29) is 64.3 Å². The van der Waals surface area contributed by atoms with E-state index >= 15 is 4.39 Å². The number of carbonyl (C=O) groups is 2. The third-order valence-corrected chi connectivity index (χ3v) is 15.4. The number of halogens is 3. The van der Waals surface area contributed by atoms with E-state index in [4.69, 9.17) is 37.3 Å². The molecule has 0 aliphatic carbocycles. The number of nitrogens with one attached hydrogen (secondary N) is 1. The van der Waals surface area contributed by atoms with Gasteiger partial charge in [0.1, 0.15) is 28.2 Å². The van der Waals surface area contributed by atoms with Crippen LogP contribution < -0.4 is 20.1 Å². The minimum absolute atomic E-state index is 0.0496. The molecular formula is C45H48Cl2FN5O4Si. The number of pyridine rings is 1. The molecule has 4 aromatic carbocycles. The van der Waals surface area contributed by atoms with E-state index in [1.165, 1.54) is 6.07 Å². The fraction of sp³-hybridized carbons (Fsp3) is 0.289. The van der Waals surface area contributed by atoms with Crippen LogP contribution in [0.4, 0.5) is 19.7 Å². The van der Waals surface area contributed by atoms with Gasteiger partial charge in [-0.1, -0.05) is 129 Å². The van der Waals surface area contributed by atoms with Gasteiger partial charge in [0.05, 0.1) is 21.8 Å². The second-order valence-electron chi connectivity index (χ2n) is 16.2. The van der Waals surface area contributed by atoms with Crippen LogP contribution in [0.1, 0.15) is 54.0 Å². The summed E-state index contributed by atoms with van der Waals surface area (Å²) in [6.45, 7) is 14.6. The quantitative estimate of drug-likeness (QED) is 0.0759. The zero-order valence-corrected chi connectivity index (χ0v) is 36.2. The molecule has 0 unspecified atom stereocenters. The number of aliphatic imine (C=N–C) groups is 1. The maximum absolute atomic E-state index is 16.4. The number of rotatable bonds is 7. The number of amides is 3. The molecule has 2 heterocycles. The van der Waals surface area contributed by atoms with Crippen LogP contribution in [-0.2, 0) is 4.74 Å². The van der Waals surface area contributed by atoms with Gasteiger partial charge in [-0.15, -0.1) is 0 Å². The Morgan fingerprint density at radius 1 is 0.845 bits per heavy atom. The first-order chi connectivity index (χ1) is 27.5. The molecule has 0 radical (unpaired) electrons. The summed E-state index contributed by atoms with van der Waals surface area (Å²) in [5.41, 5.74) is 0.247. The number of benzene rings is 4. The summed E-state index contributed by atoms with van der Waals surface area (Å²) in [4.78, 5) is 39.3. The number of amidine groups is 1. The Hall–Kier alpha value is -5.23. The van der Waals surface area contributed by atoms with Crippen molar-refractivity contribution in [2.45, 2.75) is 65.1 Å². The molecule has 1 aliphatic rings. The molecule has 1 aliphatic heterocycles. The SMILES string of the molecule is C[C@H]1CN(C(=O)OC(C)(C)C)CCN1C(=NC(=O)Nc1ccccc1)c1cc(Cl)c(-c2c(F)cccc2O[Si](c2ccccc2)(c2ccccc2)C(C)(C)C)nc1Cl. The van der Waals surface area contributed by atoms with Crippen LogP contribution in [0.25, 0.3) is 11.3 Å². The molecular weight excluding hydrogens is 793 g/mol. The summed E-state index contributed by atoms with van der Waals surface area (Å²) in [7, 11) is -3.22. The molecule has 1 fully saturated rings. The lowest BCUT2D eigenvalue weighted by atomic mass is 10.1. The molecule has 1 atom stereocenters. The standard InChI is InChI=1S/C45H48Cl2FN5O4Si/c1-30-29-52(43(55)56-44(2,3)4)26-27-53(30)41(51-42(54)49-31-18-11-8-12-19-31)34-28-35(46)39(50-40(34)47)38-36(48)24-17-25-37(38)57-58(45(5,6)7,32-20-13-9-14-21-32)33-22-15-10-16-23-33/h8-25,28,30H,26-27,29H2,1-7H3,(H,49,54)/t30-/m0/s1. The number of aromatic nitrogens is 1. The van der Waals surface area contributed by atoms with Crippen LogP contribution in [0, 0.1) is 5.82 Å². The number of anilines is 1. The minimum atomic E-state index is -3.22. The van der Waals surface area contributed by atoms with Crippen molar-refractivity contribution in [1.82, 2.24) is 14.8 Å². The second kappa shape index (κ2) is 17.3. The van der Waals surface area contributed by atoms with E-state index in [0.717, 1.165) is 10.4 Å². The summed E-state index contributed by atoms with van der Waals surface area (Å²) >= 11 is 14.2. The minimum Gasteiger partial charge on any atom is -0.533 e. The largest absolute Gasteiger partial charge is 0.533 e. The number of para-hydroxylation sites is 1. The van der Waals surface area contributed by atoms with Crippen LogP contribution in [-0.4, -0.2) is 72.3 Å². The second-order valence-corrected chi connectivity index (χ2v) is 21.2. The van der Waals surface area contributed by atoms with E-state index in [1.807, 2.05) is 75.1 Å². The third-order valence-electron chi connectivity index (χ3n) is 9.85.